The smallest absolute Gasteiger partial charge is 0.145 e. The van der Waals surface area contributed by atoms with Crippen molar-refractivity contribution in [3.05, 3.63) is 18.2 Å². The Morgan fingerprint density at radius 3 is 2.48 bits per heavy atom. The first-order valence-electron chi connectivity index (χ1n) is 8.24. The summed E-state index contributed by atoms with van der Waals surface area (Å²) in [5.74, 6) is 1.64. The van der Waals surface area contributed by atoms with E-state index in [9.17, 15) is 0 Å². The molecule has 1 saturated heterocycles. The summed E-state index contributed by atoms with van der Waals surface area (Å²) >= 11 is 0. The standard InChI is InChI=1S/C17H29N3O3/c1-4-17(18)20-9-7-19(8-10-20)15-6-5-14(13-16(15)22-3)23-12-11-21-2/h5-6,13,17H,4,7-12,18H2,1-3H3. The van der Waals surface area contributed by atoms with Gasteiger partial charge in [0.05, 0.1) is 25.6 Å². The number of benzene rings is 1. The van der Waals surface area contributed by atoms with Gasteiger partial charge in [-0.1, -0.05) is 6.92 Å². The van der Waals surface area contributed by atoms with Crippen LogP contribution in [0.4, 0.5) is 5.69 Å². The van der Waals surface area contributed by atoms with Crippen LogP contribution in [0.5, 0.6) is 11.5 Å². The van der Waals surface area contributed by atoms with Gasteiger partial charge in [-0.25, -0.2) is 0 Å². The van der Waals surface area contributed by atoms with Crippen LogP contribution in [0.1, 0.15) is 13.3 Å². The predicted octanol–water partition coefficient (Wildman–Crippen LogP) is 1.54. The Balaban J connectivity index is 1.99. The lowest BCUT2D eigenvalue weighted by atomic mass is 10.2. The molecule has 0 bridgehead atoms. The number of nitrogens with zero attached hydrogens (tertiary/aromatic N) is 2. The average Bonchev–Trinajstić information content (AvgIpc) is 2.61. The number of hydrogen-bond acceptors (Lipinski definition) is 6. The van der Waals surface area contributed by atoms with Gasteiger partial charge < -0.3 is 24.8 Å². The van der Waals surface area contributed by atoms with Crippen molar-refractivity contribution in [3.63, 3.8) is 0 Å². The van der Waals surface area contributed by atoms with Crippen LogP contribution in [0.2, 0.25) is 0 Å². The van der Waals surface area contributed by atoms with Crippen molar-refractivity contribution in [2.75, 3.05) is 58.5 Å². The molecule has 6 heteroatoms. The fraction of sp³-hybridized carbons (Fsp3) is 0.647. The molecule has 1 heterocycles. The number of hydrogen-bond donors (Lipinski definition) is 1. The highest BCUT2D eigenvalue weighted by molar-refractivity contribution is 5.61. The van der Waals surface area contributed by atoms with Crippen LogP contribution in [0.25, 0.3) is 0 Å². The van der Waals surface area contributed by atoms with Gasteiger partial charge in [-0.05, 0) is 18.6 Å². The van der Waals surface area contributed by atoms with E-state index in [1.165, 1.54) is 0 Å². The predicted molar refractivity (Wildman–Crippen MR) is 92.4 cm³/mol. The van der Waals surface area contributed by atoms with Gasteiger partial charge in [0.15, 0.2) is 0 Å². The molecule has 2 rings (SSSR count). The SMILES string of the molecule is CCC(N)N1CCN(c2ccc(OCCOC)cc2OC)CC1. The highest BCUT2D eigenvalue weighted by atomic mass is 16.5. The zero-order valence-electron chi connectivity index (χ0n) is 14.5. The molecule has 6 nitrogen and oxygen atoms in total. The normalized spacial score (nSPS) is 17.1. The Bertz CT molecular complexity index is 476. The van der Waals surface area contributed by atoms with E-state index in [2.05, 4.69) is 22.8 Å². The number of anilines is 1. The maximum Gasteiger partial charge on any atom is 0.145 e. The monoisotopic (exact) mass is 323 g/mol. The molecule has 23 heavy (non-hydrogen) atoms. The first-order valence-corrected chi connectivity index (χ1v) is 8.24. The Hall–Kier alpha value is -1.50. The summed E-state index contributed by atoms with van der Waals surface area (Å²) in [5.41, 5.74) is 7.23. The maximum atomic E-state index is 6.12. The van der Waals surface area contributed by atoms with Crippen LogP contribution in [-0.4, -0.2) is 64.7 Å². The highest BCUT2D eigenvalue weighted by Gasteiger charge is 2.22. The third-order valence-electron chi connectivity index (χ3n) is 4.25. The van der Waals surface area contributed by atoms with Gasteiger partial charge >= 0.3 is 0 Å². The molecule has 0 aliphatic carbocycles. The number of nitrogens with two attached hydrogens (primary N) is 1. The van der Waals surface area contributed by atoms with Gasteiger partial charge in [0.25, 0.3) is 0 Å². The quantitative estimate of drug-likeness (QED) is 0.732. The van der Waals surface area contributed by atoms with Gasteiger partial charge in [-0.3, -0.25) is 4.90 Å². The zero-order valence-corrected chi connectivity index (χ0v) is 14.5. The molecule has 1 aromatic carbocycles. The molecule has 1 aliphatic rings. The minimum absolute atomic E-state index is 0.163. The van der Waals surface area contributed by atoms with E-state index in [1.54, 1.807) is 14.2 Å². The van der Waals surface area contributed by atoms with Crippen molar-refractivity contribution in [3.8, 4) is 11.5 Å². The maximum absolute atomic E-state index is 6.12. The van der Waals surface area contributed by atoms with Gasteiger partial charge in [0.1, 0.15) is 18.1 Å². The zero-order chi connectivity index (χ0) is 16.7. The molecular weight excluding hydrogens is 294 g/mol. The molecule has 1 atom stereocenters. The van der Waals surface area contributed by atoms with Crippen LogP contribution >= 0.6 is 0 Å². The van der Waals surface area contributed by atoms with Crippen molar-refractivity contribution >= 4 is 5.69 Å². The molecule has 2 N–H and O–H groups in total. The van der Waals surface area contributed by atoms with Crippen molar-refractivity contribution in [1.82, 2.24) is 4.90 Å². The lowest BCUT2D eigenvalue weighted by Gasteiger charge is -2.39. The summed E-state index contributed by atoms with van der Waals surface area (Å²) in [6, 6.07) is 5.99. The van der Waals surface area contributed by atoms with Gasteiger partial charge in [-0.2, -0.15) is 0 Å². The fourth-order valence-electron chi connectivity index (χ4n) is 2.80. The van der Waals surface area contributed by atoms with Crippen LogP contribution in [0, 0.1) is 0 Å². The molecular formula is C17H29N3O3. The van der Waals surface area contributed by atoms with Crippen molar-refractivity contribution in [2.45, 2.75) is 19.5 Å². The Labute approximate surface area is 139 Å². The van der Waals surface area contributed by atoms with Gasteiger partial charge in [0, 0.05) is 39.4 Å². The molecule has 1 aromatic rings. The van der Waals surface area contributed by atoms with Crippen LogP contribution in [-0.2, 0) is 4.74 Å². The van der Waals surface area contributed by atoms with Crippen molar-refractivity contribution < 1.29 is 14.2 Å². The van der Waals surface area contributed by atoms with E-state index in [4.69, 9.17) is 19.9 Å². The summed E-state index contributed by atoms with van der Waals surface area (Å²) in [7, 11) is 3.36. The molecule has 0 radical (unpaired) electrons. The summed E-state index contributed by atoms with van der Waals surface area (Å²) < 4.78 is 16.2. The largest absolute Gasteiger partial charge is 0.494 e. The van der Waals surface area contributed by atoms with E-state index in [0.717, 1.165) is 49.8 Å². The number of rotatable bonds is 8. The average molecular weight is 323 g/mol. The molecule has 1 aliphatic heterocycles. The highest BCUT2D eigenvalue weighted by Crippen LogP contribution is 2.33. The van der Waals surface area contributed by atoms with Crippen molar-refractivity contribution in [2.24, 2.45) is 5.73 Å². The third kappa shape index (κ3) is 4.73. The fourth-order valence-corrected chi connectivity index (χ4v) is 2.80. The van der Waals surface area contributed by atoms with E-state index < -0.39 is 0 Å². The second-order valence-electron chi connectivity index (χ2n) is 5.67. The Morgan fingerprint density at radius 2 is 1.87 bits per heavy atom. The van der Waals surface area contributed by atoms with E-state index in [-0.39, 0.29) is 6.17 Å². The topological polar surface area (TPSA) is 60.2 Å². The van der Waals surface area contributed by atoms with E-state index >= 15 is 0 Å². The summed E-state index contributed by atoms with van der Waals surface area (Å²) in [6.07, 6.45) is 1.15. The minimum Gasteiger partial charge on any atom is -0.494 e. The molecule has 1 fully saturated rings. The Kier molecular flexibility index (Phi) is 6.95. The molecule has 0 spiro atoms. The summed E-state index contributed by atoms with van der Waals surface area (Å²) in [6.45, 7) is 7.09. The molecule has 0 amide bonds. The molecule has 1 unspecified atom stereocenters. The van der Waals surface area contributed by atoms with Crippen LogP contribution < -0.4 is 20.1 Å². The lowest BCUT2D eigenvalue weighted by molar-refractivity contribution is 0.146. The van der Waals surface area contributed by atoms with Crippen molar-refractivity contribution in [1.29, 1.82) is 0 Å². The van der Waals surface area contributed by atoms with Gasteiger partial charge in [-0.15, -0.1) is 0 Å². The first-order chi connectivity index (χ1) is 11.2. The lowest BCUT2D eigenvalue weighted by Crippen LogP contribution is -2.53. The number of methoxy groups -OCH3 is 2. The second-order valence-corrected chi connectivity index (χ2v) is 5.67. The first kappa shape index (κ1) is 17.8. The van der Waals surface area contributed by atoms with Gasteiger partial charge in [0.2, 0.25) is 0 Å². The molecule has 130 valence electrons. The molecule has 0 saturated carbocycles. The molecule has 0 aromatic heterocycles. The van der Waals surface area contributed by atoms with Crippen LogP contribution in [0.15, 0.2) is 18.2 Å². The van der Waals surface area contributed by atoms with E-state index in [1.807, 2.05) is 12.1 Å². The second kappa shape index (κ2) is 8.96. The number of ether oxygens (including phenoxy) is 3. The number of piperazine rings is 1. The van der Waals surface area contributed by atoms with E-state index in [0.29, 0.717) is 13.2 Å². The summed E-state index contributed by atoms with van der Waals surface area (Å²) in [4.78, 5) is 4.68. The minimum atomic E-state index is 0.163. The summed E-state index contributed by atoms with van der Waals surface area (Å²) in [5, 5.41) is 0. The van der Waals surface area contributed by atoms with Crippen LogP contribution in [0.3, 0.4) is 0 Å². The third-order valence-corrected chi connectivity index (χ3v) is 4.25. The Morgan fingerprint density at radius 1 is 1.13 bits per heavy atom.